The van der Waals surface area contributed by atoms with Gasteiger partial charge in [0.05, 0.1) is 21.2 Å². The summed E-state index contributed by atoms with van der Waals surface area (Å²) in [4.78, 5) is 13.8. The van der Waals surface area contributed by atoms with Crippen molar-refractivity contribution in [1.29, 1.82) is 0 Å². The second kappa shape index (κ2) is 13.9. The minimum absolute atomic E-state index is 0.0513. The number of anilines is 3. The van der Waals surface area contributed by atoms with Crippen molar-refractivity contribution < 1.29 is 16.8 Å². The van der Waals surface area contributed by atoms with E-state index in [9.17, 15) is 16.8 Å². The summed E-state index contributed by atoms with van der Waals surface area (Å²) in [6.07, 6.45) is 0.899. The summed E-state index contributed by atoms with van der Waals surface area (Å²) < 4.78 is 55.4. The van der Waals surface area contributed by atoms with Crippen molar-refractivity contribution in [1.82, 2.24) is 34.1 Å². The van der Waals surface area contributed by atoms with Crippen LogP contribution in [0.1, 0.15) is 25.2 Å². The lowest BCUT2D eigenvalue weighted by atomic mass is 10.3. The van der Waals surface area contributed by atoms with Crippen molar-refractivity contribution in [3.63, 3.8) is 0 Å². The van der Waals surface area contributed by atoms with Gasteiger partial charge in [-0.1, -0.05) is 61.8 Å². The van der Waals surface area contributed by atoms with Crippen LogP contribution in [0.3, 0.4) is 0 Å². The first kappa shape index (κ1) is 35.1. The maximum absolute atomic E-state index is 13.4. The van der Waals surface area contributed by atoms with Crippen LogP contribution >= 0.6 is 11.6 Å². The van der Waals surface area contributed by atoms with Crippen LogP contribution in [0.25, 0.3) is 11.3 Å². The number of nitrogens with zero attached hydrogens (tertiary/aromatic N) is 8. The van der Waals surface area contributed by atoms with Crippen molar-refractivity contribution in [2.45, 2.75) is 46.3 Å². The van der Waals surface area contributed by atoms with Gasteiger partial charge in [-0.25, -0.2) is 26.8 Å². The highest BCUT2D eigenvalue weighted by Gasteiger charge is 2.30. The van der Waals surface area contributed by atoms with Gasteiger partial charge in [0.2, 0.25) is 19.7 Å². The number of nitrogens with two attached hydrogens (primary N) is 2. The summed E-state index contributed by atoms with van der Waals surface area (Å²) >= 11 is 5.92. The standard InChI is InChI=1S/C19H24N6O2S.C14H13ClN4O2S/c1-3-15-18(28(26,27)14-7-5-4-6-8-14)19-21-17(13-16(20)25(19)22-15)24-11-9-23(2)10-12-24;1-2-10-13(22(20,21)9-6-4-3-5-7-9)14-17-11(15)8-12(16)19(14)18-10/h4-8,13H,3,9-12,20H2,1-2H3;3-8H,2,16H2,1H3. The third-order valence-corrected chi connectivity index (χ3v) is 12.3. The molecule has 1 aliphatic rings. The molecule has 0 spiro atoms. The van der Waals surface area contributed by atoms with Gasteiger partial charge in [-0.2, -0.15) is 19.2 Å². The molecule has 17 heteroatoms. The predicted molar refractivity (Wildman–Crippen MR) is 192 cm³/mol. The molecular weight excluding hydrogens is 700 g/mol. The van der Waals surface area contributed by atoms with Crippen molar-refractivity contribution in [3.8, 4) is 0 Å². The molecule has 0 saturated carbocycles. The number of hydrogen-bond acceptors (Lipinski definition) is 12. The Labute approximate surface area is 295 Å². The van der Waals surface area contributed by atoms with Gasteiger partial charge < -0.3 is 21.3 Å². The van der Waals surface area contributed by atoms with Gasteiger partial charge in [0.1, 0.15) is 32.4 Å². The molecule has 4 N–H and O–H groups in total. The number of halogens is 1. The molecule has 2 aromatic carbocycles. The number of likely N-dealkylation sites (N-methyl/N-ethyl adjacent to an activating group) is 1. The van der Waals surface area contributed by atoms with Gasteiger partial charge in [-0.15, -0.1) is 0 Å². The summed E-state index contributed by atoms with van der Waals surface area (Å²) in [6, 6.07) is 19.7. The number of benzene rings is 2. The Bertz CT molecular complexity index is 2390. The monoisotopic (exact) mass is 736 g/mol. The Kier molecular flexibility index (Phi) is 9.72. The second-order valence-electron chi connectivity index (χ2n) is 11.7. The molecule has 4 aromatic heterocycles. The van der Waals surface area contributed by atoms with E-state index in [1.807, 2.05) is 13.8 Å². The van der Waals surface area contributed by atoms with Crippen molar-refractivity contribution in [3.05, 3.63) is 89.3 Å². The van der Waals surface area contributed by atoms with Crippen molar-refractivity contribution >= 4 is 60.0 Å². The number of aromatic nitrogens is 6. The Morgan fingerprint density at radius 1 is 0.680 bits per heavy atom. The first-order valence-electron chi connectivity index (χ1n) is 15.9. The molecular formula is C33H37ClN10O4S2. The van der Waals surface area contributed by atoms with Crippen LogP contribution in [0.2, 0.25) is 5.15 Å². The SMILES string of the molecule is CCc1nn2c(N)cc(Cl)nc2c1S(=O)(=O)c1ccccc1.CCc1nn2c(N)cc(N3CCN(C)CC3)nc2c1S(=O)(=O)c1ccccc1. The summed E-state index contributed by atoms with van der Waals surface area (Å²) in [7, 11) is -5.44. The van der Waals surface area contributed by atoms with Gasteiger partial charge in [0.15, 0.2) is 11.3 Å². The minimum atomic E-state index is -3.77. The highest BCUT2D eigenvalue weighted by atomic mass is 35.5. The molecule has 14 nitrogen and oxygen atoms in total. The Hall–Kier alpha value is -4.77. The normalized spacial score (nSPS) is 14.2. The van der Waals surface area contributed by atoms with Gasteiger partial charge >= 0.3 is 0 Å². The lowest BCUT2D eigenvalue weighted by Crippen LogP contribution is -2.44. The third-order valence-electron chi connectivity index (χ3n) is 8.38. The fourth-order valence-corrected chi connectivity index (χ4v) is 9.16. The predicted octanol–water partition coefficient (Wildman–Crippen LogP) is 3.82. The van der Waals surface area contributed by atoms with Crippen LogP contribution in [0, 0.1) is 0 Å². The van der Waals surface area contributed by atoms with E-state index in [0.29, 0.717) is 35.9 Å². The van der Waals surface area contributed by atoms with E-state index in [0.717, 1.165) is 26.2 Å². The largest absolute Gasteiger partial charge is 0.383 e. The molecule has 0 bridgehead atoms. The number of fused-ring (bicyclic) bond motifs is 2. The second-order valence-corrected chi connectivity index (χ2v) is 15.9. The maximum atomic E-state index is 13.4. The van der Waals surface area contributed by atoms with E-state index >= 15 is 0 Å². The zero-order valence-electron chi connectivity index (χ0n) is 27.7. The average molecular weight is 737 g/mol. The molecule has 0 amide bonds. The molecule has 262 valence electrons. The Morgan fingerprint density at radius 3 is 1.58 bits per heavy atom. The lowest BCUT2D eigenvalue weighted by Gasteiger charge is -2.33. The van der Waals surface area contributed by atoms with Crippen LogP contribution in [-0.4, -0.2) is 84.2 Å². The van der Waals surface area contributed by atoms with Gasteiger partial charge in [-0.05, 0) is 44.2 Å². The molecule has 1 aliphatic heterocycles. The third kappa shape index (κ3) is 6.46. The number of sulfone groups is 2. The van der Waals surface area contributed by atoms with Crippen molar-refractivity contribution in [2.24, 2.45) is 0 Å². The average Bonchev–Trinajstić information content (AvgIpc) is 3.69. The molecule has 0 aliphatic carbocycles. The Morgan fingerprint density at radius 2 is 1.12 bits per heavy atom. The van der Waals surface area contributed by atoms with Crippen LogP contribution in [0.15, 0.2) is 92.4 Å². The zero-order valence-corrected chi connectivity index (χ0v) is 30.1. The van der Waals surface area contributed by atoms with Crippen molar-refractivity contribution in [2.75, 3.05) is 49.6 Å². The minimum Gasteiger partial charge on any atom is -0.383 e. The molecule has 1 fully saturated rings. The summed E-state index contributed by atoms with van der Waals surface area (Å²) in [5, 5.41) is 8.82. The lowest BCUT2D eigenvalue weighted by molar-refractivity contribution is 0.312. The molecule has 0 radical (unpaired) electrons. The summed E-state index contributed by atoms with van der Waals surface area (Å²) in [5.74, 6) is 1.30. The van der Waals surface area contributed by atoms with Crippen LogP contribution in [0.4, 0.5) is 17.5 Å². The molecule has 7 rings (SSSR count). The van der Waals surface area contributed by atoms with E-state index in [-0.39, 0.29) is 41.8 Å². The highest BCUT2D eigenvalue weighted by Crippen LogP contribution is 2.32. The number of aryl methyl sites for hydroxylation is 2. The number of piperazine rings is 1. The van der Waals surface area contributed by atoms with E-state index < -0.39 is 19.7 Å². The first-order chi connectivity index (χ1) is 23.9. The molecule has 0 atom stereocenters. The van der Waals surface area contributed by atoms with Gasteiger partial charge in [-0.3, -0.25) is 0 Å². The molecule has 5 heterocycles. The quantitative estimate of drug-likeness (QED) is 0.226. The van der Waals surface area contributed by atoms with Crippen LogP contribution in [-0.2, 0) is 32.5 Å². The zero-order chi connectivity index (χ0) is 35.8. The smallest absolute Gasteiger partial charge is 0.212 e. The highest BCUT2D eigenvalue weighted by molar-refractivity contribution is 7.92. The molecule has 0 unspecified atom stereocenters. The number of rotatable bonds is 7. The van der Waals surface area contributed by atoms with Crippen LogP contribution < -0.4 is 16.4 Å². The Balaban J connectivity index is 0.000000178. The summed E-state index contributed by atoms with van der Waals surface area (Å²) in [6.45, 7) is 7.17. The number of hydrogen-bond donors (Lipinski definition) is 2. The van der Waals surface area contributed by atoms with E-state index in [4.69, 9.17) is 28.1 Å². The maximum Gasteiger partial charge on any atom is 0.212 e. The number of nitrogen functional groups attached to an aromatic ring is 2. The van der Waals surface area contributed by atoms with Gasteiger partial charge in [0, 0.05) is 38.3 Å². The fraction of sp³-hybridized carbons (Fsp3) is 0.273. The van der Waals surface area contributed by atoms with E-state index in [1.165, 1.54) is 27.2 Å². The molecule has 1 saturated heterocycles. The van der Waals surface area contributed by atoms with Gasteiger partial charge in [0.25, 0.3) is 0 Å². The van der Waals surface area contributed by atoms with E-state index in [1.54, 1.807) is 54.6 Å². The molecule has 50 heavy (non-hydrogen) atoms. The topological polar surface area (TPSA) is 187 Å². The van der Waals surface area contributed by atoms with Crippen LogP contribution in [0.5, 0.6) is 0 Å². The first-order valence-corrected chi connectivity index (χ1v) is 19.3. The fourth-order valence-electron chi connectivity index (χ4n) is 5.73. The molecule has 6 aromatic rings. The van der Waals surface area contributed by atoms with E-state index in [2.05, 4.69) is 32.0 Å². The summed E-state index contributed by atoms with van der Waals surface area (Å²) in [5.41, 5.74) is 13.4.